The van der Waals surface area contributed by atoms with Gasteiger partial charge in [0.05, 0.1) is 11.6 Å². The SMILES string of the molecule is CCOc1cc(CNCCc2ccc(Cl)cc2Cl)cc(Cl)c1OCc1ccc(Cl)cc1. The summed E-state index contributed by atoms with van der Waals surface area (Å²) in [6.07, 6.45) is 0.796. The summed E-state index contributed by atoms with van der Waals surface area (Å²) in [7, 11) is 0. The quantitative estimate of drug-likeness (QED) is 0.292. The summed E-state index contributed by atoms with van der Waals surface area (Å²) in [5.41, 5.74) is 3.06. The Bertz CT molecular complexity index is 1010. The van der Waals surface area contributed by atoms with Crippen molar-refractivity contribution in [2.24, 2.45) is 0 Å². The summed E-state index contributed by atoms with van der Waals surface area (Å²) in [6.45, 7) is 4.22. The zero-order valence-corrected chi connectivity index (χ0v) is 20.1. The molecule has 0 bridgehead atoms. The molecule has 3 nitrogen and oxygen atoms in total. The van der Waals surface area contributed by atoms with E-state index in [4.69, 9.17) is 55.9 Å². The predicted molar refractivity (Wildman–Crippen MR) is 130 cm³/mol. The maximum absolute atomic E-state index is 6.52. The molecule has 0 aliphatic heterocycles. The fourth-order valence-electron chi connectivity index (χ4n) is 3.04. The average molecular weight is 499 g/mol. The van der Waals surface area contributed by atoms with Crippen molar-refractivity contribution in [2.75, 3.05) is 13.2 Å². The molecule has 0 fully saturated rings. The Balaban J connectivity index is 1.61. The van der Waals surface area contributed by atoms with Gasteiger partial charge in [-0.3, -0.25) is 0 Å². The molecule has 0 amide bonds. The molecule has 3 aromatic carbocycles. The molecule has 0 atom stereocenters. The van der Waals surface area contributed by atoms with Crippen LogP contribution in [0.1, 0.15) is 23.6 Å². The van der Waals surface area contributed by atoms with Crippen LogP contribution < -0.4 is 14.8 Å². The topological polar surface area (TPSA) is 30.5 Å². The number of halogens is 4. The Kier molecular flexibility index (Phi) is 9.18. The monoisotopic (exact) mass is 497 g/mol. The van der Waals surface area contributed by atoms with Crippen LogP contribution in [0, 0.1) is 0 Å². The molecule has 1 N–H and O–H groups in total. The third kappa shape index (κ3) is 7.20. The fraction of sp³-hybridized carbons (Fsp3) is 0.250. The largest absolute Gasteiger partial charge is 0.490 e. The summed E-state index contributed by atoms with van der Waals surface area (Å²) in [4.78, 5) is 0. The molecule has 3 rings (SSSR count). The van der Waals surface area contributed by atoms with Gasteiger partial charge in [-0.1, -0.05) is 64.6 Å². The predicted octanol–water partition coefficient (Wildman–Crippen LogP) is 7.61. The Labute approximate surface area is 203 Å². The highest BCUT2D eigenvalue weighted by molar-refractivity contribution is 6.35. The normalized spacial score (nSPS) is 10.9. The van der Waals surface area contributed by atoms with Crippen LogP contribution in [0.3, 0.4) is 0 Å². The van der Waals surface area contributed by atoms with E-state index in [0.29, 0.717) is 51.3 Å². The summed E-state index contributed by atoms with van der Waals surface area (Å²) < 4.78 is 11.7. The first-order valence-electron chi connectivity index (χ1n) is 9.93. The van der Waals surface area contributed by atoms with Crippen LogP contribution in [0.2, 0.25) is 20.1 Å². The number of benzene rings is 3. The molecule has 0 unspecified atom stereocenters. The zero-order valence-electron chi connectivity index (χ0n) is 17.1. The molecule has 164 valence electrons. The minimum Gasteiger partial charge on any atom is -0.490 e. The molecule has 31 heavy (non-hydrogen) atoms. The van der Waals surface area contributed by atoms with Gasteiger partial charge >= 0.3 is 0 Å². The molecule has 0 aliphatic rings. The molecule has 3 aromatic rings. The molecule has 0 heterocycles. The van der Waals surface area contributed by atoms with E-state index in [1.54, 1.807) is 6.07 Å². The lowest BCUT2D eigenvalue weighted by atomic mass is 10.1. The molecule has 0 aliphatic carbocycles. The van der Waals surface area contributed by atoms with Crippen molar-refractivity contribution in [3.05, 3.63) is 91.4 Å². The summed E-state index contributed by atoms with van der Waals surface area (Å²) in [5, 5.41) is 5.93. The fourth-order valence-corrected chi connectivity index (χ4v) is 3.96. The first kappa shape index (κ1) is 24.0. The van der Waals surface area contributed by atoms with E-state index in [9.17, 15) is 0 Å². The van der Waals surface area contributed by atoms with Crippen LogP contribution in [-0.4, -0.2) is 13.2 Å². The van der Waals surface area contributed by atoms with Gasteiger partial charge in [0, 0.05) is 21.6 Å². The van der Waals surface area contributed by atoms with E-state index in [1.165, 1.54) is 0 Å². The van der Waals surface area contributed by atoms with E-state index in [-0.39, 0.29) is 0 Å². The first-order chi connectivity index (χ1) is 15.0. The number of ether oxygens (including phenoxy) is 2. The number of rotatable bonds is 10. The minimum absolute atomic E-state index is 0.371. The van der Waals surface area contributed by atoms with Crippen molar-refractivity contribution in [1.82, 2.24) is 5.32 Å². The summed E-state index contributed by atoms with van der Waals surface area (Å²) >= 11 is 24.6. The smallest absolute Gasteiger partial charge is 0.180 e. The van der Waals surface area contributed by atoms with Crippen LogP contribution in [0.25, 0.3) is 0 Å². The van der Waals surface area contributed by atoms with Gasteiger partial charge in [-0.05, 0) is 73.0 Å². The molecule has 0 saturated heterocycles. The second-order valence-corrected chi connectivity index (χ2v) is 8.60. The molecule has 0 aromatic heterocycles. The molecule has 0 radical (unpaired) electrons. The van der Waals surface area contributed by atoms with Gasteiger partial charge < -0.3 is 14.8 Å². The van der Waals surface area contributed by atoms with Crippen molar-refractivity contribution in [1.29, 1.82) is 0 Å². The van der Waals surface area contributed by atoms with Crippen molar-refractivity contribution in [3.63, 3.8) is 0 Å². The zero-order chi connectivity index (χ0) is 22.2. The summed E-state index contributed by atoms with van der Waals surface area (Å²) in [5.74, 6) is 1.16. The lowest BCUT2D eigenvalue weighted by Crippen LogP contribution is -2.17. The Morgan fingerprint density at radius 1 is 0.774 bits per heavy atom. The number of hydrogen-bond donors (Lipinski definition) is 1. The standard InChI is InChI=1S/C24H23Cl4NO2/c1-2-30-23-12-17(14-29-10-9-18-5-8-20(26)13-21(18)27)11-22(28)24(23)31-15-16-3-6-19(25)7-4-16/h3-8,11-13,29H,2,9-10,14-15H2,1H3. The third-order valence-electron chi connectivity index (χ3n) is 4.58. The van der Waals surface area contributed by atoms with E-state index in [2.05, 4.69) is 5.32 Å². The van der Waals surface area contributed by atoms with Crippen LogP contribution in [-0.2, 0) is 19.6 Å². The second-order valence-electron chi connectivity index (χ2n) is 6.92. The van der Waals surface area contributed by atoms with Gasteiger partial charge in [0.2, 0.25) is 0 Å². The van der Waals surface area contributed by atoms with E-state index < -0.39 is 0 Å². The molecular weight excluding hydrogens is 476 g/mol. The van der Waals surface area contributed by atoms with Gasteiger partial charge in [-0.25, -0.2) is 0 Å². The minimum atomic E-state index is 0.371. The van der Waals surface area contributed by atoms with Crippen molar-refractivity contribution in [3.8, 4) is 11.5 Å². The maximum Gasteiger partial charge on any atom is 0.180 e. The van der Waals surface area contributed by atoms with Crippen LogP contribution in [0.5, 0.6) is 11.5 Å². The van der Waals surface area contributed by atoms with Gasteiger partial charge in [-0.2, -0.15) is 0 Å². The first-order valence-corrected chi connectivity index (χ1v) is 11.4. The highest BCUT2D eigenvalue weighted by Crippen LogP contribution is 2.37. The molecule has 0 spiro atoms. The van der Waals surface area contributed by atoms with Crippen LogP contribution in [0.15, 0.2) is 54.6 Å². The van der Waals surface area contributed by atoms with Crippen molar-refractivity contribution >= 4 is 46.4 Å². The number of hydrogen-bond acceptors (Lipinski definition) is 3. The highest BCUT2D eigenvalue weighted by Gasteiger charge is 2.13. The van der Waals surface area contributed by atoms with Gasteiger partial charge in [0.15, 0.2) is 11.5 Å². The highest BCUT2D eigenvalue weighted by atomic mass is 35.5. The van der Waals surface area contributed by atoms with Gasteiger partial charge in [0.25, 0.3) is 0 Å². The average Bonchev–Trinajstić information content (AvgIpc) is 2.73. The Morgan fingerprint density at radius 3 is 2.23 bits per heavy atom. The van der Waals surface area contributed by atoms with Gasteiger partial charge in [0.1, 0.15) is 6.61 Å². The Hall–Kier alpha value is -1.62. The number of nitrogens with one attached hydrogen (secondary N) is 1. The van der Waals surface area contributed by atoms with E-state index in [1.807, 2.05) is 55.5 Å². The van der Waals surface area contributed by atoms with Crippen molar-refractivity contribution < 1.29 is 9.47 Å². The second kappa shape index (κ2) is 11.8. The summed E-state index contributed by atoms with van der Waals surface area (Å²) in [6, 6.07) is 16.9. The van der Waals surface area contributed by atoms with Gasteiger partial charge in [-0.15, -0.1) is 0 Å². The van der Waals surface area contributed by atoms with E-state index in [0.717, 1.165) is 29.7 Å². The van der Waals surface area contributed by atoms with Crippen molar-refractivity contribution in [2.45, 2.75) is 26.5 Å². The molecule has 7 heteroatoms. The third-order valence-corrected chi connectivity index (χ3v) is 5.70. The van der Waals surface area contributed by atoms with E-state index >= 15 is 0 Å². The van der Waals surface area contributed by atoms with Crippen LogP contribution >= 0.6 is 46.4 Å². The lowest BCUT2D eigenvalue weighted by molar-refractivity contribution is 0.269. The molecule has 0 saturated carbocycles. The molecular formula is C24H23Cl4NO2. The maximum atomic E-state index is 6.52. The Morgan fingerprint density at radius 2 is 1.52 bits per heavy atom. The lowest BCUT2D eigenvalue weighted by Gasteiger charge is -2.16. The van der Waals surface area contributed by atoms with Crippen LogP contribution in [0.4, 0.5) is 0 Å².